The molecule has 1 aromatic rings. The lowest BCUT2D eigenvalue weighted by Gasteiger charge is -2.13. The molecule has 0 aliphatic heterocycles. The molecule has 1 atom stereocenters. The van der Waals surface area contributed by atoms with E-state index in [1.54, 1.807) is 6.92 Å². The first-order chi connectivity index (χ1) is 7.06. The van der Waals surface area contributed by atoms with Crippen LogP contribution in [0.15, 0.2) is 12.1 Å². The van der Waals surface area contributed by atoms with E-state index in [9.17, 15) is 13.2 Å². The molecule has 0 aliphatic rings. The van der Waals surface area contributed by atoms with Crippen LogP contribution in [0.3, 0.4) is 0 Å². The molecule has 1 unspecified atom stereocenters. The van der Waals surface area contributed by atoms with Gasteiger partial charge in [0.15, 0.2) is 17.5 Å². The van der Waals surface area contributed by atoms with Crippen LogP contribution in [0.1, 0.15) is 18.5 Å². The summed E-state index contributed by atoms with van der Waals surface area (Å²) in [5.74, 6) is -3.88. The van der Waals surface area contributed by atoms with E-state index in [0.717, 1.165) is 12.1 Å². The number of aliphatic hydroxyl groups excluding tert-OH is 1. The summed E-state index contributed by atoms with van der Waals surface area (Å²) in [6.07, 6.45) is 0. The van der Waals surface area contributed by atoms with Crippen LogP contribution in [0, 0.1) is 17.5 Å². The van der Waals surface area contributed by atoms with Crippen molar-refractivity contribution in [3.05, 3.63) is 35.1 Å². The molecule has 1 rings (SSSR count). The van der Waals surface area contributed by atoms with Crippen LogP contribution in [-0.4, -0.2) is 18.3 Å². The van der Waals surface area contributed by atoms with E-state index >= 15 is 0 Å². The highest BCUT2D eigenvalue weighted by molar-refractivity contribution is 5.22. The normalized spacial score (nSPS) is 12.9. The lowest BCUT2D eigenvalue weighted by molar-refractivity contribution is 0.286. The van der Waals surface area contributed by atoms with Crippen molar-refractivity contribution in [2.75, 3.05) is 13.2 Å². The Morgan fingerprint density at radius 3 is 2.27 bits per heavy atom. The molecule has 0 aromatic heterocycles. The molecule has 15 heavy (non-hydrogen) atoms. The first-order valence-corrected chi connectivity index (χ1v) is 4.55. The Hall–Kier alpha value is -1.07. The van der Waals surface area contributed by atoms with E-state index in [2.05, 4.69) is 5.32 Å². The zero-order valence-electron chi connectivity index (χ0n) is 8.23. The molecule has 0 heterocycles. The van der Waals surface area contributed by atoms with Crippen LogP contribution >= 0.6 is 0 Å². The summed E-state index contributed by atoms with van der Waals surface area (Å²) >= 11 is 0. The number of hydrogen-bond acceptors (Lipinski definition) is 2. The van der Waals surface area contributed by atoms with E-state index in [1.807, 2.05) is 0 Å². The second-order valence-electron chi connectivity index (χ2n) is 3.20. The van der Waals surface area contributed by atoms with Gasteiger partial charge in [0.2, 0.25) is 0 Å². The number of benzene rings is 1. The lowest BCUT2D eigenvalue weighted by Crippen LogP contribution is -2.22. The molecule has 84 valence electrons. The van der Waals surface area contributed by atoms with E-state index in [0.29, 0.717) is 12.1 Å². The predicted molar refractivity (Wildman–Crippen MR) is 49.8 cm³/mol. The number of aliphatic hydroxyl groups is 1. The van der Waals surface area contributed by atoms with Crippen molar-refractivity contribution in [1.29, 1.82) is 0 Å². The number of rotatable bonds is 4. The molecule has 0 bridgehead atoms. The average Bonchev–Trinajstić information content (AvgIpc) is 2.21. The molecule has 0 fully saturated rings. The van der Waals surface area contributed by atoms with Crippen molar-refractivity contribution in [2.24, 2.45) is 0 Å². The van der Waals surface area contributed by atoms with Crippen molar-refractivity contribution in [3.63, 3.8) is 0 Å². The molecule has 5 heteroatoms. The Morgan fingerprint density at radius 1 is 1.27 bits per heavy atom. The van der Waals surface area contributed by atoms with Crippen molar-refractivity contribution in [3.8, 4) is 0 Å². The minimum Gasteiger partial charge on any atom is -0.395 e. The van der Waals surface area contributed by atoms with Gasteiger partial charge in [-0.25, -0.2) is 13.2 Å². The second-order valence-corrected chi connectivity index (χ2v) is 3.20. The molecule has 0 aliphatic carbocycles. The quantitative estimate of drug-likeness (QED) is 0.756. The summed E-state index contributed by atoms with van der Waals surface area (Å²) in [6, 6.07) is 1.53. The third-order valence-electron chi connectivity index (χ3n) is 2.07. The maximum absolute atomic E-state index is 12.8. The SMILES string of the molecule is CC(NCCO)c1cc(F)c(F)c(F)c1. The maximum Gasteiger partial charge on any atom is 0.194 e. The molecular weight excluding hydrogens is 207 g/mol. The highest BCUT2D eigenvalue weighted by Crippen LogP contribution is 2.18. The Balaban J connectivity index is 2.86. The lowest BCUT2D eigenvalue weighted by atomic mass is 10.1. The van der Waals surface area contributed by atoms with Crippen molar-refractivity contribution in [2.45, 2.75) is 13.0 Å². The zero-order chi connectivity index (χ0) is 11.4. The van der Waals surface area contributed by atoms with Crippen molar-refractivity contribution < 1.29 is 18.3 Å². The van der Waals surface area contributed by atoms with E-state index in [-0.39, 0.29) is 12.6 Å². The van der Waals surface area contributed by atoms with Crippen molar-refractivity contribution >= 4 is 0 Å². The largest absolute Gasteiger partial charge is 0.395 e. The van der Waals surface area contributed by atoms with Crippen LogP contribution in [0.5, 0.6) is 0 Å². The highest BCUT2D eigenvalue weighted by Gasteiger charge is 2.13. The monoisotopic (exact) mass is 219 g/mol. The molecule has 0 amide bonds. The van der Waals surface area contributed by atoms with Gasteiger partial charge in [0.25, 0.3) is 0 Å². The first kappa shape index (κ1) is 12.0. The molecule has 1 aromatic carbocycles. The van der Waals surface area contributed by atoms with E-state index < -0.39 is 17.5 Å². The number of hydrogen-bond donors (Lipinski definition) is 2. The van der Waals surface area contributed by atoms with Gasteiger partial charge < -0.3 is 10.4 Å². The fraction of sp³-hybridized carbons (Fsp3) is 0.400. The summed E-state index contributed by atoms with van der Waals surface area (Å²) in [5.41, 5.74) is 0.305. The average molecular weight is 219 g/mol. The smallest absolute Gasteiger partial charge is 0.194 e. The Bertz CT molecular complexity index is 320. The fourth-order valence-electron chi connectivity index (χ4n) is 1.22. The van der Waals surface area contributed by atoms with Gasteiger partial charge in [-0.2, -0.15) is 0 Å². The molecule has 2 N–H and O–H groups in total. The summed E-state index contributed by atoms with van der Waals surface area (Å²) in [4.78, 5) is 0. The Labute approximate surface area is 85.7 Å². The summed E-state index contributed by atoms with van der Waals surface area (Å²) in [5, 5.41) is 11.4. The minimum absolute atomic E-state index is 0.0729. The summed E-state index contributed by atoms with van der Waals surface area (Å²) < 4.78 is 38.3. The predicted octanol–water partition coefficient (Wildman–Crippen LogP) is 1.75. The van der Waals surface area contributed by atoms with Gasteiger partial charge in [-0.05, 0) is 24.6 Å². The van der Waals surface area contributed by atoms with Gasteiger partial charge in [-0.15, -0.1) is 0 Å². The van der Waals surface area contributed by atoms with E-state index in [1.165, 1.54) is 0 Å². The number of halogens is 3. The summed E-state index contributed by atoms with van der Waals surface area (Å²) in [7, 11) is 0. The Kier molecular flexibility index (Phi) is 4.11. The van der Waals surface area contributed by atoms with Crippen LogP contribution < -0.4 is 5.32 Å². The van der Waals surface area contributed by atoms with E-state index in [4.69, 9.17) is 5.11 Å². The third-order valence-corrected chi connectivity index (χ3v) is 2.07. The van der Waals surface area contributed by atoms with Gasteiger partial charge in [-0.3, -0.25) is 0 Å². The fourth-order valence-corrected chi connectivity index (χ4v) is 1.22. The molecule has 0 saturated carbocycles. The third kappa shape index (κ3) is 2.94. The highest BCUT2D eigenvalue weighted by atomic mass is 19.2. The van der Waals surface area contributed by atoms with Gasteiger partial charge in [0.1, 0.15) is 0 Å². The first-order valence-electron chi connectivity index (χ1n) is 4.55. The van der Waals surface area contributed by atoms with Crippen LogP contribution in [-0.2, 0) is 0 Å². The van der Waals surface area contributed by atoms with Gasteiger partial charge in [0.05, 0.1) is 6.61 Å². The maximum atomic E-state index is 12.8. The molecule has 0 radical (unpaired) electrons. The molecule has 0 spiro atoms. The zero-order valence-corrected chi connectivity index (χ0v) is 8.23. The van der Waals surface area contributed by atoms with Gasteiger partial charge in [-0.1, -0.05) is 0 Å². The molecular formula is C10H12F3NO. The second kappa shape index (κ2) is 5.14. The van der Waals surface area contributed by atoms with Crippen molar-refractivity contribution in [1.82, 2.24) is 5.32 Å². The minimum atomic E-state index is -1.46. The topological polar surface area (TPSA) is 32.3 Å². The van der Waals surface area contributed by atoms with Gasteiger partial charge >= 0.3 is 0 Å². The molecule has 2 nitrogen and oxygen atoms in total. The Morgan fingerprint density at radius 2 is 1.80 bits per heavy atom. The number of nitrogens with one attached hydrogen (secondary N) is 1. The van der Waals surface area contributed by atoms with Crippen LogP contribution in [0.4, 0.5) is 13.2 Å². The van der Waals surface area contributed by atoms with Gasteiger partial charge in [0, 0.05) is 12.6 Å². The summed E-state index contributed by atoms with van der Waals surface area (Å²) in [6.45, 7) is 1.90. The molecule has 0 saturated heterocycles. The standard InChI is InChI=1S/C10H12F3NO/c1-6(14-2-3-15)7-4-8(11)10(13)9(12)5-7/h4-6,14-15H,2-3H2,1H3. The van der Waals surface area contributed by atoms with Crippen LogP contribution in [0.25, 0.3) is 0 Å². The van der Waals surface area contributed by atoms with Crippen LogP contribution in [0.2, 0.25) is 0 Å².